The maximum Gasteiger partial charge on any atom is 0.306 e. The molecule has 0 spiro atoms. The molecular formula is C26H38O5S. The van der Waals surface area contributed by atoms with Gasteiger partial charge in [0.05, 0.1) is 11.9 Å². The molecule has 0 aliphatic heterocycles. The van der Waals surface area contributed by atoms with Crippen molar-refractivity contribution >= 4 is 29.3 Å². The van der Waals surface area contributed by atoms with Crippen LogP contribution in [0.5, 0.6) is 0 Å². The third-order valence-electron chi connectivity index (χ3n) is 9.48. The average Bonchev–Trinajstić information content (AvgIpc) is 3.01. The van der Waals surface area contributed by atoms with Crippen molar-refractivity contribution in [1.82, 2.24) is 0 Å². The molecule has 4 aliphatic carbocycles. The van der Waals surface area contributed by atoms with E-state index in [0.29, 0.717) is 37.9 Å². The summed E-state index contributed by atoms with van der Waals surface area (Å²) in [6, 6.07) is 0. The van der Waals surface area contributed by atoms with Crippen LogP contribution in [-0.4, -0.2) is 46.4 Å². The molecule has 3 saturated carbocycles. The third kappa shape index (κ3) is 3.43. The van der Waals surface area contributed by atoms with E-state index in [4.69, 9.17) is 4.74 Å². The molecule has 0 amide bonds. The molecule has 4 aliphatic rings. The lowest BCUT2D eigenvalue weighted by Gasteiger charge is -2.60. The van der Waals surface area contributed by atoms with E-state index in [1.807, 2.05) is 19.3 Å². The number of aliphatic hydroxyl groups excluding tert-OH is 1. The molecule has 0 aromatic rings. The molecule has 1 N–H and O–H groups in total. The van der Waals surface area contributed by atoms with Crippen LogP contribution < -0.4 is 0 Å². The second kappa shape index (κ2) is 8.57. The first-order valence-corrected chi connectivity index (χ1v) is 13.7. The zero-order valence-corrected chi connectivity index (χ0v) is 20.8. The van der Waals surface area contributed by atoms with Crippen LogP contribution in [0.15, 0.2) is 11.6 Å². The van der Waals surface area contributed by atoms with Crippen molar-refractivity contribution in [1.29, 1.82) is 0 Å². The van der Waals surface area contributed by atoms with Gasteiger partial charge in [0.25, 0.3) is 0 Å². The number of esters is 1. The quantitative estimate of drug-likeness (QED) is 0.585. The summed E-state index contributed by atoms with van der Waals surface area (Å²) in [5, 5.41) is 11.6. The number of rotatable bonds is 6. The maximum atomic E-state index is 13.5. The summed E-state index contributed by atoms with van der Waals surface area (Å²) in [4.78, 5) is 38.3. The predicted octanol–water partition coefficient (Wildman–Crippen LogP) is 4.50. The number of carbonyl (C=O) groups is 3. The fourth-order valence-electron chi connectivity index (χ4n) is 8.06. The van der Waals surface area contributed by atoms with Crippen LogP contribution in [0.1, 0.15) is 78.6 Å². The lowest BCUT2D eigenvalue weighted by Crippen LogP contribution is -2.63. The predicted molar refractivity (Wildman–Crippen MR) is 125 cm³/mol. The average molecular weight is 463 g/mol. The SMILES string of the molecule is CCCC(=O)O[C@]1(C(=O)CSC)CC[C@H]2[C@@H]3CCC4=CC(=O)CC[C@]4(C)[C@H]3[C@@H](O)C[C@@]21C. The Bertz CT molecular complexity index is 836. The Labute approximate surface area is 196 Å². The number of ether oxygens (including phenoxy) is 1. The Kier molecular flexibility index (Phi) is 6.43. The van der Waals surface area contributed by atoms with E-state index >= 15 is 0 Å². The van der Waals surface area contributed by atoms with Gasteiger partial charge >= 0.3 is 5.97 Å². The van der Waals surface area contributed by atoms with E-state index in [-0.39, 0.29) is 40.7 Å². The molecule has 3 fully saturated rings. The summed E-state index contributed by atoms with van der Waals surface area (Å²) in [6.07, 6.45) is 9.17. The first kappa shape index (κ1) is 24.0. The van der Waals surface area contributed by atoms with Crippen LogP contribution in [0, 0.1) is 28.6 Å². The van der Waals surface area contributed by atoms with Crippen molar-refractivity contribution in [3.63, 3.8) is 0 Å². The highest BCUT2D eigenvalue weighted by Gasteiger charge is 2.70. The van der Waals surface area contributed by atoms with Gasteiger partial charge in [-0.05, 0) is 80.4 Å². The van der Waals surface area contributed by atoms with Crippen molar-refractivity contribution < 1.29 is 24.2 Å². The Morgan fingerprint density at radius 3 is 2.66 bits per heavy atom. The monoisotopic (exact) mass is 462 g/mol. The van der Waals surface area contributed by atoms with E-state index in [1.165, 1.54) is 17.3 Å². The van der Waals surface area contributed by atoms with E-state index in [0.717, 1.165) is 25.7 Å². The molecule has 0 radical (unpaired) electrons. The number of allylic oxidation sites excluding steroid dienone is 1. The molecular weight excluding hydrogens is 424 g/mol. The molecule has 0 heterocycles. The minimum absolute atomic E-state index is 0.00373. The van der Waals surface area contributed by atoms with Gasteiger partial charge in [0, 0.05) is 18.3 Å². The summed E-state index contributed by atoms with van der Waals surface area (Å²) < 4.78 is 6.13. The van der Waals surface area contributed by atoms with Gasteiger partial charge in [-0.15, -0.1) is 0 Å². The molecule has 7 atom stereocenters. The molecule has 0 saturated heterocycles. The zero-order chi connectivity index (χ0) is 23.3. The van der Waals surface area contributed by atoms with Crippen molar-refractivity contribution in [2.24, 2.45) is 28.6 Å². The number of ketones is 2. The number of Topliss-reactive ketones (excluding diaryl/α,β-unsaturated/α-hetero) is 1. The largest absolute Gasteiger partial charge is 0.450 e. The molecule has 178 valence electrons. The first-order chi connectivity index (χ1) is 15.1. The number of thioether (sulfide) groups is 1. The highest BCUT2D eigenvalue weighted by Crippen LogP contribution is 2.68. The smallest absolute Gasteiger partial charge is 0.306 e. The number of fused-ring (bicyclic) bond motifs is 5. The van der Waals surface area contributed by atoms with E-state index in [2.05, 4.69) is 13.8 Å². The topological polar surface area (TPSA) is 80.7 Å². The Morgan fingerprint density at radius 2 is 1.97 bits per heavy atom. The normalized spacial score (nSPS) is 43.0. The lowest BCUT2D eigenvalue weighted by atomic mass is 9.45. The van der Waals surface area contributed by atoms with Crippen molar-refractivity contribution in [3.8, 4) is 0 Å². The van der Waals surface area contributed by atoms with Crippen molar-refractivity contribution in [2.75, 3.05) is 12.0 Å². The fraction of sp³-hybridized carbons (Fsp3) is 0.808. The molecule has 0 aromatic carbocycles. The maximum absolute atomic E-state index is 13.5. The second-order valence-electron chi connectivity index (χ2n) is 11.0. The van der Waals surface area contributed by atoms with Crippen LogP contribution in [0.4, 0.5) is 0 Å². The van der Waals surface area contributed by atoms with Gasteiger partial charge in [-0.3, -0.25) is 14.4 Å². The third-order valence-corrected chi connectivity index (χ3v) is 10.0. The Morgan fingerprint density at radius 1 is 1.22 bits per heavy atom. The van der Waals surface area contributed by atoms with Crippen molar-refractivity contribution in [2.45, 2.75) is 90.3 Å². The molecule has 0 aromatic heterocycles. The minimum atomic E-state index is -1.14. The fourth-order valence-corrected chi connectivity index (χ4v) is 8.55. The van der Waals surface area contributed by atoms with Crippen molar-refractivity contribution in [3.05, 3.63) is 11.6 Å². The Hall–Kier alpha value is -1.14. The number of carbonyl (C=O) groups excluding carboxylic acids is 3. The van der Waals surface area contributed by atoms with Crippen LogP contribution in [-0.2, 0) is 19.1 Å². The van der Waals surface area contributed by atoms with Crippen LogP contribution in [0.25, 0.3) is 0 Å². The highest BCUT2D eigenvalue weighted by molar-refractivity contribution is 7.99. The number of hydrogen-bond acceptors (Lipinski definition) is 6. The van der Waals surface area contributed by atoms with Gasteiger partial charge in [-0.1, -0.05) is 26.3 Å². The minimum Gasteiger partial charge on any atom is -0.450 e. The summed E-state index contributed by atoms with van der Waals surface area (Å²) in [5.74, 6) is 0.810. The molecule has 0 bridgehead atoms. The van der Waals surface area contributed by atoms with Crippen LogP contribution >= 0.6 is 11.8 Å². The van der Waals surface area contributed by atoms with Gasteiger partial charge in [-0.25, -0.2) is 0 Å². The van der Waals surface area contributed by atoms with E-state index in [1.54, 1.807) is 0 Å². The van der Waals surface area contributed by atoms with Gasteiger partial charge < -0.3 is 9.84 Å². The molecule has 32 heavy (non-hydrogen) atoms. The van der Waals surface area contributed by atoms with Gasteiger partial charge in [0.1, 0.15) is 0 Å². The Balaban J connectivity index is 1.72. The van der Waals surface area contributed by atoms with Crippen LogP contribution in [0.2, 0.25) is 0 Å². The van der Waals surface area contributed by atoms with Gasteiger partial charge in [0.2, 0.25) is 0 Å². The molecule has 5 nitrogen and oxygen atoms in total. The van der Waals surface area contributed by atoms with Gasteiger partial charge in [-0.2, -0.15) is 11.8 Å². The van der Waals surface area contributed by atoms with E-state index < -0.39 is 17.1 Å². The first-order valence-electron chi connectivity index (χ1n) is 12.3. The summed E-state index contributed by atoms with van der Waals surface area (Å²) in [5.41, 5.74) is -0.662. The summed E-state index contributed by atoms with van der Waals surface area (Å²) in [6.45, 7) is 6.27. The molecule has 6 heteroatoms. The highest BCUT2D eigenvalue weighted by atomic mass is 32.2. The summed E-state index contributed by atoms with van der Waals surface area (Å²) in [7, 11) is 0. The standard InChI is InChI=1S/C26H38O5S/c1-5-6-22(30)31-26(21(29)15-32-4)12-10-19-18-8-7-16-13-17(27)9-11-24(16,2)23(18)20(28)14-25(19,26)3/h13,18-20,23,28H,5-12,14-15H2,1-4H3/t18-,19-,20-,23+,24-,25-,26-/m0/s1. The second-order valence-corrected chi connectivity index (χ2v) is 11.9. The molecule has 0 unspecified atom stereocenters. The van der Waals surface area contributed by atoms with Gasteiger partial charge in [0.15, 0.2) is 17.2 Å². The van der Waals surface area contributed by atoms with E-state index in [9.17, 15) is 19.5 Å². The zero-order valence-electron chi connectivity index (χ0n) is 19.9. The molecule has 4 rings (SSSR count). The number of hydrogen-bond donors (Lipinski definition) is 1. The lowest BCUT2D eigenvalue weighted by molar-refractivity contribution is -0.200. The summed E-state index contributed by atoms with van der Waals surface area (Å²) >= 11 is 1.47. The van der Waals surface area contributed by atoms with Crippen LogP contribution in [0.3, 0.4) is 0 Å². The number of aliphatic hydroxyl groups is 1.